The molecule has 0 spiro atoms. The Kier molecular flexibility index (Phi) is 4.90. The van der Waals surface area contributed by atoms with Crippen LogP contribution in [0.2, 0.25) is 0 Å². The number of rotatable bonds is 4. The first-order valence-corrected chi connectivity index (χ1v) is 8.32. The van der Waals surface area contributed by atoms with Crippen LogP contribution in [0.1, 0.15) is 12.5 Å². The summed E-state index contributed by atoms with van der Waals surface area (Å²) in [5.41, 5.74) is 0.706. The first kappa shape index (κ1) is 17.5. The number of halogens is 1. The largest absolute Gasteiger partial charge is 0.324 e. The number of hydrogen-bond acceptors (Lipinski definition) is 3. The molecule has 2 aromatic carbocycles. The zero-order valence-electron chi connectivity index (χ0n) is 13.1. The van der Waals surface area contributed by atoms with Gasteiger partial charge in [-0.05, 0) is 36.4 Å². The molecule has 0 radical (unpaired) electrons. The monoisotopic (exact) mass is 346 g/mol. The molecular formula is C17H15FN2O3S. The topological polar surface area (TPSA) is 66.5 Å². The lowest BCUT2D eigenvalue weighted by atomic mass is 10.2. The highest BCUT2D eigenvalue weighted by molar-refractivity contribution is 7.92. The van der Waals surface area contributed by atoms with Crippen molar-refractivity contribution < 1.29 is 17.6 Å². The van der Waals surface area contributed by atoms with E-state index >= 15 is 0 Å². The van der Waals surface area contributed by atoms with Gasteiger partial charge in [0, 0.05) is 19.5 Å². The van der Waals surface area contributed by atoms with Crippen LogP contribution in [0.15, 0.2) is 47.4 Å². The molecule has 2 rings (SSSR count). The van der Waals surface area contributed by atoms with Crippen LogP contribution in [0.3, 0.4) is 0 Å². The van der Waals surface area contributed by atoms with Gasteiger partial charge < -0.3 is 5.32 Å². The number of carbonyl (C=O) groups excluding carboxylic acids is 1. The molecule has 24 heavy (non-hydrogen) atoms. The molecule has 0 aromatic heterocycles. The molecule has 0 fully saturated rings. The predicted octanol–water partition coefficient (Wildman–Crippen LogP) is 2.59. The van der Waals surface area contributed by atoms with E-state index in [0.29, 0.717) is 11.3 Å². The number of nitrogens with one attached hydrogen (secondary N) is 1. The van der Waals surface area contributed by atoms with Gasteiger partial charge in [-0.25, -0.2) is 12.8 Å². The number of anilines is 2. The second-order valence-electron chi connectivity index (χ2n) is 4.99. The molecule has 1 N–H and O–H groups in total. The van der Waals surface area contributed by atoms with E-state index in [0.717, 1.165) is 22.5 Å². The number of carbonyl (C=O) groups is 1. The number of hydrogen-bond donors (Lipinski definition) is 1. The zero-order chi connectivity index (χ0) is 17.9. The smallest absolute Gasteiger partial charge is 0.264 e. The van der Waals surface area contributed by atoms with E-state index in [4.69, 9.17) is 6.42 Å². The first-order valence-electron chi connectivity index (χ1n) is 6.88. The second kappa shape index (κ2) is 6.72. The Bertz CT molecular complexity index is 933. The predicted molar refractivity (Wildman–Crippen MR) is 90.7 cm³/mol. The summed E-state index contributed by atoms with van der Waals surface area (Å²) in [5, 5.41) is 2.26. The van der Waals surface area contributed by atoms with Crippen LogP contribution in [0.25, 0.3) is 0 Å². The molecule has 0 aliphatic rings. The third kappa shape index (κ3) is 3.55. The standard InChI is InChI=1S/C17H15FN2O3S/c1-4-13-6-5-7-14(10-13)20(3)24(22,23)15-8-9-16(18)17(11-15)19-12(2)21/h1,5-11H,2-3H3,(H,19,21). The van der Waals surface area contributed by atoms with Gasteiger partial charge in [-0.3, -0.25) is 9.10 Å². The number of sulfonamides is 1. The molecule has 0 saturated carbocycles. The molecule has 0 heterocycles. The van der Waals surface area contributed by atoms with E-state index in [-0.39, 0.29) is 10.6 Å². The molecule has 0 saturated heterocycles. The SMILES string of the molecule is C#Cc1cccc(N(C)S(=O)(=O)c2ccc(F)c(NC(C)=O)c2)c1. The van der Waals surface area contributed by atoms with Gasteiger partial charge in [-0.1, -0.05) is 12.0 Å². The summed E-state index contributed by atoms with van der Waals surface area (Å²) in [6.45, 7) is 1.21. The molecule has 5 nitrogen and oxygen atoms in total. The summed E-state index contributed by atoms with van der Waals surface area (Å²) in [5.74, 6) is 1.21. The van der Waals surface area contributed by atoms with Gasteiger partial charge in [0.25, 0.3) is 10.0 Å². The van der Waals surface area contributed by atoms with Crippen LogP contribution < -0.4 is 9.62 Å². The van der Waals surface area contributed by atoms with E-state index < -0.39 is 21.7 Å². The Morgan fingerprint density at radius 2 is 1.96 bits per heavy atom. The number of nitrogens with zero attached hydrogens (tertiary/aromatic N) is 1. The van der Waals surface area contributed by atoms with Crippen molar-refractivity contribution in [2.24, 2.45) is 0 Å². The normalized spacial score (nSPS) is 10.8. The van der Waals surface area contributed by atoms with E-state index in [2.05, 4.69) is 11.2 Å². The minimum Gasteiger partial charge on any atom is -0.324 e. The van der Waals surface area contributed by atoms with Crippen LogP contribution in [0.5, 0.6) is 0 Å². The first-order chi connectivity index (χ1) is 11.3. The van der Waals surface area contributed by atoms with Crippen molar-refractivity contribution in [1.82, 2.24) is 0 Å². The lowest BCUT2D eigenvalue weighted by Crippen LogP contribution is -2.26. The summed E-state index contributed by atoms with van der Waals surface area (Å²) in [6.07, 6.45) is 5.32. The van der Waals surface area contributed by atoms with Crippen molar-refractivity contribution in [2.45, 2.75) is 11.8 Å². The lowest BCUT2D eigenvalue weighted by molar-refractivity contribution is -0.114. The van der Waals surface area contributed by atoms with Crippen molar-refractivity contribution >= 4 is 27.3 Å². The minimum absolute atomic E-state index is 0.152. The summed E-state index contributed by atoms with van der Waals surface area (Å²) in [7, 11) is -2.58. The highest BCUT2D eigenvalue weighted by Crippen LogP contribution is 2.26. The van der Waals surface area contributed by atoms with Crippen LogP contribution in [0.4, 0.5) is 15.8 Å². The summed E-state index contributed by atoms with van der Waals surface area (Å²) < 4.78 is 40.2. The Balaban J connectivity index is 2.46. The molecular weight excluding hydrogens is 331 g/mol. The van der Waals surface area contributed by atoms with E-state index in [1.807, 2.05) is 0 Å². The third-order valence-corrected chi connectivity index (χ3v) is 5.06. The number of amides is 1. The molecule has 0 aliphatic carbocycles. The average molecular weight is 346 g/mol. The van der Waals surface area contributed by atoms with Gasteiger partial charge in [0.05, 0.1) is 16.3 Å². The maximum Gasteiger partial charge on any atom is 0.264 e. The van der Waals surface area contributed by atoms with Gasteiger partial charge in [0.2, 0.25) is 5.91 Å². The number of terminal acetylenes is 1. The van der Waals surface area contributed by atoms with E-state index in [9.17, 15) is 17.6 Å². The van der Waals surface area contributed by atoms with Crippen LogP contribution in [-0.2, 0) is 14.8 Å². The van der Waals surface area contributed by atoms with Crippen LogP contribution in [-0.4, -0.2) is 21.4 Å². The van der Waals surface area contributed by atoms with Gasteiger partial charge >= 0.3 is 0 Å². The second-order valence-corrected chi connectivity index (χ2v) is 6.96. The molecule has 1 amide bonds. The van der Waals surface area contributed by atoms with E-state index in [1.165, 1.54) is 14.0 Å². The molecule has 0 atom stereocenters. The minimum atomic E-state index is -3.95. The Morgan fingerprint density at radius 1 is 1.25 bits per heavy atom. The van der Waals surface area contributed by atoms with Gasteiger partial charge in [-0.15, -0.1) is 6.42 Å². The summed E-state index contributed by atoms with van der Waals surface area (Å²) in [6, 6.07) is 9.67. The van der Waals surface area contributed by atoms with Crippen molar-refractivity contribution in [2.75, 3.05) is 16.7 Å². The maximum absolute atomic E-state index is 13.7. The third-order valence-electron chi connectivity index (χ3n) is 3.28. The molecule has 7 heteroatoms. The molecule has 0 bridgehead atoms. The number of benzene rings is 2. The Morgan fingerprint density at radius 3 is 2.58 bits per heavy atom. The fourth-order valence-corrected chi connectivity index (χ4v) is 3.25. The van der Waals surface area contributed by atoms with Crippen molar-refractivity contribution in [3.63, 3.8) is 0 Å². The average Bonchev–Trinajstić information content (AvgIpc) is 2.55. The van der Waals surface area contributed by atoms with Crippen LogP contribution >= 0.6 is 0 Å². The van der Waals surface area contributed by atoms with Gasteiger partial charge in [-0.2, -0.15) is 0 Å². The molecule has 124 valence electrons. The highest BCUT2D eigenvalue weighted by atomic mass is 32.2. The highest BCUT2D eigenvalue weighted by Gasteiger charge is 2.23. The zero-order valence-corrected chi connectivity index (χ0v) is 13.9. The summed E-state index contributed by atoms with van der Waals surface area (Å²) in [4.78, 5) is 10.9. The van der Waals surface area contributed by atoms with Crippen molar-refractivity contribution in [1.29, 1.82) is 0 Å². The molecule has 0 unspecified atom stereocenters. The molecule has 2 aromatic rings. The van der Waals surface area contributed by atoms with Gasteiger partial charge in [0.15, 0.2) is 0 Å². The maximum atomic E-state index is 13.7. The van der Waals surface area contributed by atoms with Crippen molar-refractivity contribution in [3.8, 4) is 12.3 Å². The quantitative estimate of drug-likeness (QED) is 0.866. The fraction of sp³-hybridized carbons (Fsp3) is 0.118. The van der Waals surface area contributed by atoms with Gasteiger partial charge in [0.1, 0.15) is 5.82 Å². The van der Waals surface area contributed by atoms with Crippen LogP contribution in [0, 0.1) is 18.2 Å². The fourth-order valence-electron chi connectivity index (χ4n) is 2.04. The Hall–Kier alpha value is -2.85. The lowest BCUT2D eigenvalue weighted by Gasteiger charge is -2.20. The summed E-state index contributed by atoms with van der Waals surface area (Å²) >= 11 is 0. The van der Waals surface area contributed by atoms with Crippen molar-refractivity contribution in [3.05, 3.63) is 53.8 Å². The Labute approximate surface area is 140 Å². The van der Waals surface area contributed by atoms with E-state index in [1.54, 1.807) is 24.3 Å². The molecule has 0 aliphatic heterocycles.